The number of hydrogen-bond donors (Lipinski definition) is 1. The second-order valence-electron chi connectivity index (χ2n) is 6.65. The Morgan fingerprint density at radius 1 is 1.19 bits per heavy atom. The fraction of sp³-hybridized carbons (Fsp3) is 0.450. The summed E-state index contributed by atoms with van der Waals surface area (Å²) in [5.74, 6) is 3.30. The predicted molar refractivity (Wildman–Crippen MR) is 100 cm³/mol. The first-order valence-electron chi connectivity index (χ1n) is 9.19. The van der Waals surface area contributed by atoms with Gasteiger partial charge in [0.05, 0.1) is 7.11 Å². The van der Waals surface area contributed by atoms with Gasteiger partial charge in [0.2, 0.25) is 5.75 Å². The van der Waals surface area contributed by atoms with Gasteiger partial charge in [-0.2, -0.15) is 0 Å². The Labute approximate surface area is 154 Å². The summed E-state index contributed by atoms with van der Waals surface area (Å²) in [5.41, 5.74) is 1.15. The van der Waals surface area contributed by atoms with E-state index in [4.69, 9.17) is 14.2 Å². The van der Waals surface area contributed by atoms with E-state index < -0.39 is 0 Å². The summed E-state index contributed by atoms with van der Waals surface area (Å²) in [4.78, 5) is 6.80. The molecular formula is C20H25N3O3. The zero-order chi connectivity index (χ0) is 17.8. The molecule has 4 rings (SSSR count). The van der Waals surface area contributed by atoms with Gasteiger partial charge in [0.25, 0.3) is 0 Å². The van der Waals surface area contributed by atoms with Gasteiger partial charge in [-0.05, 0) is 42.7 Å². The maximum absolute atomic E-state index is 5.72. The zero-order valence-corrected chi connectivity index (χ0v) is 15.1. The number of pyridine rings is 1. The largest absolute Gasteiger partial charge is 0.493 e. The fourth-order valence-corrected chi connectivity index (χ4v) is 3.55. The number of methoxy groups -OCH3 is 1. The van der Waals surface area contributed by atoms with Crippen LogP contribution in [0.4, 0.5) is 5.82 Å². The highest BCUT2D eigenvalue weighted by Crippen LogP contribution is 2.40. The van der Waals surface area contributed by atoms with Crippen molar-refractivity contribution < 1.29 is 14.2 Å². The van der Waals surface area contributed by atoms with Crippen LogP contribution in [0.5, 0.6) is 17.2 Å². The number of aromatic nitrogens is 1. The predicted octanol–water partition coefficient (Wildman–Crippen LogP) is 2.62. The second-order valence-corrected chi connectivity index (χ2v) is 6.65. The van der Waals surface area contributed by atoms with Crippen molar-refractivity contribution in [2.45, 2.75) is 25.4 Å². The lowest BCUT2D eigenvalue weighted by Crippen LogP contribution is -2.42. The minimum atomic E-state index is 0.508. The molecular weight excluding hydrogens is 330 g/mol. The molecule has 26 heavy (non-hydrogen) atoms. The molecule has 3 heterocycles. The highest BCUT2D eigenvalue weighted by Gasteiger charge is 2.21. The van der Waals surface area contributed by atoms with Crippen LogP contribution < -0.4 is 24.4 Å². The number of ether oxygens (including phenoxy) is 3. The van der Waals surface area contributed by atoms with Crippen molar-refractivity contribution in [3.8, 4) is 17.2 Å². The third-order valence-electron chi connectivity index (χ3n) is 4.95. The molecule has 0 aliphatic carbocycles. The molecule has 0 unspecified atom stereocenters. The molecule has 1 fully saturated rings. The van der Waals surface area contributed by atoms with Gasteiger partial charge in [-0.1, -0.05) is 6.07 Å². The van der Waals surface area contributed by atoms with Crippen LogP contribution in [0.15, 0.2) is 36.5 Å². The van der Waals surface area contributed by atoms with Gasteiger partial charge in [0.15, 0.2) is 11.5 Å². The summed E-state index contributed by atoms with van der Waals surface area (Å²) in [6, 6.07) is 10.7. The summed E-state index contributed by atoms with van der Waals surface area (Å²) >= 11 is 0. The Hall–Kier alpha value is -2.47. The van der Waals surface area contributed by atoms with Crippen molar-refractivity contribution in [1.82, 2.24) is 10.3 Å². The van der Waals surface area contributed by atoms with E-state index in [-0.39, 0.29) is 0 Å². The molecule has 6 nitrogen and oxygen atoms in total. The molecule has 0 saturated carbocycles. The van der Waals surface area contributed by atoms with Gasteiger partial charge in [-0.3, -0.25) is 0 Å². The number of rotatable bonds is 5. The highest BCUT2D eigenvalue weighted by atomic mass is 16.6. The molecule has 0 spiro atoms. The Bertz CT molecular complexity index is 713. The van der Waals surface area contributed by atoms with E-state index in [0.29, 0.717) is 25.0 Å². The minimum Gasteiger partial charge on any atom is -0.493 e. The van der Waals surface area contributed by atoms with Crippen LogP contribution in [0.1, 0.15) is 18.4 Å². The smallest absolute Gasteiger partial charge is 0.203 e. The molecule has 0 amide bonds. The molecule has 0 atom stereocenters. The third kappa shape index (κ3) is 3.70. The number of hydrogen-bond acceptors (Lipinski definition) is 6. The second kappa shape index (κ2) is 7.83. The number of nitrogens with one attached hydrogen (secondary N) is 1. The molecule has 1 aromatic carbocycles. The van der Waals surface area contributed by atoms with Crippen LogP contribution >= 0.6 is 0 Å². The molecule has 1 N–H and O–H groups in total. The molecule has 2 aromatic rings. The summed E-state index contributed by atoms with van der Waals surface area (Å²) in [6.45, 7) is 3.99. The number of fused-ring (bicyclic) bond motifs is 1. The van der Waals surface area contributed by atoms with Gasteiger partial charge in [0, 0.05) is 31.9 Å². The average molecular weight is 355 g/mol. The van der Waals surface area contributed by atoms with E-state index in [1.54, 1.807) is 7.11 Å². The van der Waals surface area contributed by atoms with Gasteiger partial charge in [0.1, 0.15) is 19.0 Å². The monoisotopic (exact) mass is 355 g/mol. The van der Waals surface area contributed by atoms with Gasteiger partial charge in [-0.15, -0.1) is 0 Å². The lowest BCUT2D eigenvalue weighted by Gasteiger charge is -2.33. The summed E-state index contributed by atoms with van der Waals surface area (Å²) in [5, 5.41) is 3.67. The lowest BCUT2D eigenvalue weighted by molar-refractivity contribution is 0.165. The van der Waals surface area contributed by atoms with Crippen LogP contribution in [-0.2, 0) is 6.54 Å². The topological polar surface area (TPSA) is 55.9 Å². The van der Waals surface area contributed by atoms with Crippen molar-refractivity contribution in [3.63, 3.8) is 0 Å². The maximum atomic E-state index is 5.72. The van der Waals surface area contributed by atoms with E-state index in [1.165, 1.54) is 0 Å². The fourth-order valence-electron chi connectivity index (χ4n) is 3.55. The van der Waals surface area contributed by atoms with Gasteiger partial charge < -0.3 is 24.4 Å². The van der Waals surface area contributed by atoms with Crippen molar-refractivity contribution in [3.05, 3.63) is 42.1 Å². The Balaban J connectivity index is 1.34. The minimum absolute atomic E-state index is 0.508. The first kappa shape index (κ1) is 17.0. The van der Waals surface area contributed by atoms with Crippen LogP contribution in [0.3, 0.4) is 0 Å². The highest BCUT2D eigenvalue weighted by molar-refractivity contribution is 5.54. The summed E-state index contributed by atoms with van der Waals surface area (Å²) < 4.78 is 16.8. The number of anilines is 1. The molecule has 0 radical (unpaired) electrons. The van der Waals surface area contributed by atoms with Crippen molar-refractivity contribution in [1.29, 1.82) is 0 Å². The molecule has 0 bridgehead atoms. The third-order valence-corrected chi connectivity index (χ3v) is 4.95. The van der Waals surface area contributed by atoms with E-state index in [0.717, 1.165) is 55.4 Å². The van der Waals surface area contributed by atoms with Crippen LogP contribution in [0.25, 0.3) is 0 Å². The van der Waals surface area contributed by atoms with E-state index in [9.17, 15) is 0 Å². The van der Waals surface area contributed by atoms with Crippen molar-refractivity contribution >= 4 is 5.82 Å². The van der Waals surface area contributed by atoms with E-state index in [2.05, 4.69) is 21.3 Å². The normalized spacial score (nSPS) is 17.2. The average Bonchev–Trinajstić information content (AvgIpc) is 2.72. The standard InChI is InChI=1S/C20H25N3O3/c1-24-17-12-15(13-18-20(17)26-11-10-25-18)14-22-16-5-8-23(9-6-16)19-4-2-3-7-21-19/h2-4,7,12-13,16,22H,5-6,8-11,14H2,1H3. The Morgan fingerprint density at radius 3 is 2.81 bits per heavy atom. The molecule has 138 valence electrons. The Morgan fingerprint density at radius 2 is 2.04 bits per heavy atom. The summed E-state index contributed by atoms with van der Waals surface area (Å²) in [7, 11) is 1.66. The van der Waals surface area contributed by atoms with Gasteiger partial charge in [-0.25, -0.2) is 4.98 Å². The van der Waals surface area contributed by atoms with E-state index in [1.807, 2.05) is 30.5 Å². The van der Waals surface area contributed by atoms with E-state index >= 15 is 0 Å². The number of nitrogens with zero attached hydrogens (tertiary/aromatic N) is 2. The number of benzene rings is 1. The van der Waals surface area contributed by atoms with Crippen LogP contribution in [-0.4, -0.2) is 44.4 Å². The van der Waals surface area contributed by atoms with Crippen LogP contribution in [0, 0.1) is 0 Å². The lowest BCUT2D eigenvalue weighted by atomic mass is 10.0. The zero-order valence-electron chi connectivity index (χ0n) is 15.1. The first-order valence-corrected chi connectivity index (χ1v) is 9.19. The Kier molecular flexibility index (Phi) is 5.11. The van der Waals surface area contributed by atoms with Crippen molar-refractivity contribution in [2.75, 3.05) is 38.3 Å². The number of piperidine rings is 1. The molecule has 1 aromatic heterocycles. The SMILES string of the molecule is COc1cc(CNC2CCN(c3ccccn3)CC2)cc2c1OCCO2. The summed E-state index contributed by atoms with van der Waals surface area (Å²) in [6.07, 6.45) is 4.07. The first-order chi connectivity index (χ1) is 12.8. The quantitative estimate of drug-likeness (QED) is 0.890. The van der Waals surface area contributed by atoms with Crippen molar-refractivity contribution in [2.24, 2.45) is 0 Å². The molecule has 6 heteroatoms. The van der Waals surface area contributed by atoms with Gasteiger partial charge >= 0.3 is 0 Å². The molecule has 2 aliphatic rings. The molecule has 2 aliphatic heterocycles. The molecule has 1 saturated heterocycles. The maximum Gasteiger partial charge on any atom is 0.203 e. The van der Waals surface area contributed by atoms with Crippen LogP contribution in [0.2, 0.25) is 0 Å².